The van der Waals surface area contributed by atoms with Crippen LogP contribution in [0.2, 0.25) is 0 Å². The molecular weight excluding hydrogens is 284 g/mol. The first-order chi connectivity index (χ1) is 9.90. The maximum Gasteiger partial charge on any atom is 0.322 e. The lowest BCUT2D eigenvalue weighted by atomic mass is 10.1. The van der Waals surface area contributed by atoms with Gasteiger partial charge in [-0.3, -0.25) is 9.59 Å². The monoisotopic (exact) mass is 308 g/mol. The zero-order chi connectivity index (χ0) is 15.9. The molecule has 0 fully saturated rings. The van der Waals surface area contributed by atoms with Crippen molar-refractivity contribution in [2.75, 3.05) is 6.61 Å². The van der Waals surface area contributed by atoms with Crippen LogP contribution in [0.1, 0.15) is 56.5 Å². The molecule has 0 bridgehead atoms. The summed E-state index contributed by atoms with van der Waals surface area (Å²) in [6, 6.07) is 7.64. The van der Waals surface area contributed by atoms with Crippen LogP contribution in [0.4, 0.5) is 0 Å². The van der Waals surface area contributed by atoms with Crippen LogP contribution in [0.3, 0.4) is 0 Å². The minimum absolute atomic E-state index is 0.102. The van der Waals surface area contributed by atoms with Gasteiger partial charge in [0.2, 0.25) is 5.12 Å². The van der Waals surface area contributed by atoms with Gasteiger partial charge in [0.05, 0.1) is 6.61 Å². The van der Waals surface area contributed by atoms with Crippen LogP contribution in [0.25, 0.3) is 0 Å². The molecule has 1 aromatic rings. The molecule has 0 saturated carbocycles. The van der Waals surface area contributed by atoms with Crippen molar-refractivity contribution in [1.82, 2.24) is 0 Å². The predicted molar refractivity (Wildman–Crippen MR) is 87.7 cm³/mol. The molecule has 4 heteroatoms. The summed E-state index contributed by atoms with van der Waals surface area (Å²) in [6.45, 7) is 7.66. The van der Waals surface area contributed by atoms with E-state index in [1.54, 1.807) is 20.8 Å². The highest BCUT2D eigenvalue weighted by atomic mass is 32.2. The molecule has 0 N–H and O–H groups in total. The molecule has 1 aromatic carbocycles. The Kier molecular flexibility index (Phi) is 6.96. The molecule has 1 rings (SSSR count). The van der Waals surface area contributed by atoms with E-state index in [9.17, 15) is 9.59 Å². The first-order valence-corrected chi connectivity index (χ1v) is 8.21. The van der Waals surface area contributed by atoms with Gasteiger partial charge in [0, 0.05) is 5.56 Å². The van der Waals surface area contributed by atoms with Gasteiger partial charge in [-0.05, 0) is 39.2 Å². The number of ether oxygens (including phenoxy) is 1. The molecule has 0 heterocycles. The number of benzene rings is 1. The number of thioether (sulfide) groups is 1. The van der Waals surface area contributed by atoms with Gasteiger partial charge in [0.25, 0.3) is 0 Å². The predicted octanol–water partition coefficient (Wildman–Crippen LogP) is 4.24. The Bertz CT molecular complexity index is 477. The molecule has 0 amide bonds. The molecule has 0 aliphatic heterocycles. The van der Waals surface area contributed by atoms with Gasteiger partial charge in [-0.25, -0.2) is 0 Å². The second-order valence-electron chi connectivity index (χ2n) is 5.42. The van der Waals surface area contributed by atoms with Crippen LogP contribution in [-0.4, -0.2) is 22.4 Å². The van der Waals surface area contributed by atoms with Crippen LogP contribution in [0.5, 0.6) is 0 Å². The van der Waals surface area contributed by atoms with Crippen molar-refractivity contribution in [1.29, 1.82) is 0 Å². The van der Waals surface area contributed by atoms with Crippen molar-refractivity contribution >= 4 is 22.8 Å². The number of unbranched alkanes of at least 4 members (excludes halogenated alkanes) is 1. The fourth-order valence-corrected chi connectivity index (χ4v) is 2.69. The van der Waals surface area contributed by atoms with E-state index in [0.29, 0.717) is 12.2 Å². The Hall–Kier alpha value is -1.29. The van der Waals surface area contributed by atoms with Crippen LogP contribution in [0.15, 0.2) is 24.3 Å². The molecule has 0 aliphatic rings. The van der Waals surface area contributed by atoms with E-state index >= 15 is 0 Å². The molecule has 3 nitrogen and oxygen atoms in total. The maximum absolute atomic E-state index is 12.2. The van der Waals surface area contributed by atoms with Crippen molar-refractivity contribution in [2.24, 2.45) is 0 Å². The van der Waals surface area contributed by atoms with Gasteiger partial charge in [-0.1, -0.05) is 49.4 Å². The third-order valence-electron chi connectivity index (χ3n) is 3.12. The third kappa shape index (κ3) is 5.54. The molecule has 0 aromatic heterocycles. The summed E-state index contributed by atoms with van der Waals surface area (Å²) in [5.74, 6) is -0.358. The van der Waals surface area contributed by atoms with Crippen molar-refractivity contribution < 1.29 is 14.3 Å². The molecule has 21 heavy (non-hydrogen) atoms. The Balaban J connectivity index is 2.68. The van der Waals surface area contributed by atoms with Crippen molar-refractivity contribution in [2.45, 2.75) is 51.7 Å². The number of rotatable bonds is 7. The molecule has 0 spiro atoms. The highest BCUT2D eigenvalue weighted by molar-refractivity contribution is 8.15. The van der Waals surface area contributed by atoms with Crippen molar-refractivity contribution in [3.8, 4) is 0 Å². The van der Waals surface area contributed by atoms with Crippen molar-refractivity contribution in [3.05, 3.63) is 35.4 Å². The number of hydrogen-bond acceptors (Lipinski definition) is 4. The lowest BCUT2D eigenvalue weighted by molar-refractivity contribution is -0.145. The van der Waals surface area contributed by atoms with Gasteiger partial charge in [-0.2, -0.15) is 0 Å². The molecule has 0 atom stereocenters. The molecule has 116 valence electrons. The average Bonchev–Trinajstić information content (AvgIpc) is 2.45. The fourth-order valence-electron chi connectivity index (χ4n) is 1.83. The topological polar surface area (TPSA) is 43.4 Å². The van der Waals surface area contributed by atoms with Crippen LogP contribution in [-0.2, 0) is 16.0 Å². The summed E-state index contributed by atoms with van der Waals surface area (Å²) in [5.41, 5.74) is 1.86. The minimum Gasteiger partial charge on any atom is -0.465 e. The van der Waals surface area contributed by atoms with E-state index in [-0.39, 0.29) is 11.1 Å². The number of hydrogen-bond donors (Lipinski definition) is 0. The fraction of sp³-hybridized carbons (Fsp3) is 0.529. The Labute approximate surface area is 131 Å². The van der Waals surface area contributed by atoms with E-state index in [0.717, 1.165) is 31.0 Å². The van der Waals surface area contributed by atoms with Gasteiger partial charge >= 0.3 is 5.97 Å². The molecule has 0 radical (unpaired) electrons. The summed E-state index contributed by atoms with van der Waals surface area (Å²) < 4.78 is 4.13. The van der Waals surface area contributed by atoms with Gasteiger partial charge in [0.1, 0.15) is 4.75 Å². The highest BCUT2D eigenvalue weighted by Crippen LogP contribution is 2.29. The van der Waals surface area contributed by atoms with Crippen LogP contribution >= 0.6 is 11.8 Å². The molecule has 0 aliphatic carbocycles. The largest absolute Gasteiger partial charge is 0.465 e. The SMILES string of the molecule is CCCCc1ccc(C(=O)SC(C)(C)C(=O)OCC)cc1. The van der Waals surface area contributed by atoms with E-state index in [4.69, 9.17) is 4.74 Å². The summed E-state index contributed by atoms with van der Waals surface area (Å²) >= 11 is 1.01. The van der Waals surface area contributed by atoms with E-state index in [2.05, 4.69) is 6.92 Å². The maximum atomic E-state index is 12.2. The summed E-state index contributed by atoms with van der Waals surface area (Å²) in [5, 5.41) is -0.102. The van der Waals surface area contributed by atoms with Gasteiger partial charge in [-0.15, -0.1) is 0 Å². The van der Waals surface area contributed by atoms with Crippen LogP contribution in [0, 0.1) is 0 Å². The lowest BCUT2D eigenvalue weighted by Crippen LogP contribution is -2.31. The number of carbonyl (C=O) groups excluding carboxylic acids is 2. The standard InChI is InChI=1S/C17H24O3S/c1-5-7-8-13-9-11-14(12-10-13)15(18)21-17(3,4)16(19)20-6-2/h9-12H,5-8H2,1-4H3. The van der Waals surface area contributed by atoms with E-state index in [1.165, 1.54) is 5.56 Å². The Morgan fingerprint density at radius 1 is 1.14 bits per heavy atom. The number of carbonyl (C=O) groups is 2. The molecule has 0 saturated heterocycles. The summed E-state index contributed by atoms with van der Waals surface area (Å²) in [4.78, 5) is 24.1. The Morgan fingerprint density at radius 3 is 2.29 bits per heavy atom. The quantitative estimate of drug-likeness (QED) is 0.706. The smallest absolute Gasteiger partial charge is 0.322 e. The summed E-state index contributed by atoms with van der Waals surface area (Å²) in [6.07, 6.45) is 3.34. The highest BCUT2D eigenvalue weighted by Gasteiger charge is 2.33. The Morgan fingerprint density at radius 2 is 1.76 bits per heavy atom. The molecular formula is C17H24O3S. The number of aryl methyl sites for hydroxylation is 1. The first-order valence-electron chi connectivity index (χ1n) is 7.40. The zero-order valence-electron chi connectivity index (χ0n) is 13.3. The van der Waals surface area contributed by atoms with Gasteiger partial charge in [0.15, 0.2) is 0 Å². The van der Waals surface area contributed by atoms with E-state index < -0.39 is 4.75 Å². The average molecular weight is 308 g/mol. The second kappa shape index (κ2) is 8.23. The minimum atomic E-state index is -0.867. The first kappa shape index (κ1) is 17.8. The van der Waals surface area contributed by atoms with E-state index in [1.807, 2.05) is 24.3 Å². The normalized spacial score (nSPS) is 11.2. The second-order valence-corrected chi connectivity index (χ2v) is 7.02. The molecule has 0 unspecified atom stereocenters. The lowest BCUT2D eigenvalue weighted by Gasteiger charge is -2.20. The zero-order valence-corrected chi connectivity index (χ0v) is 14.1. The van der Waals surface area contributed by atoms with Gasteiger partial charge < -0.3 is 4.74 Å². The van der Waals surface area contributed by atoms with Crippen molar-refractivity contribution in [3.63, 3.8) is 0 Å². The van der Waals surface area contributed by atoms with Crippen LogP contribution < -0.4 is 0 Å². The summed E-state index contributed by atoms with van der Waals surface area (Å²) in [7, 11) is 0. The number of esters is 1. The third-order valence-corrected chi connectivity index (χ3v) is 4.22.